The number of nitrogens with zero attached hydrogens (tertiary/aromatic N) is 4. The average Bonchev–Trinajstić information content (AvgIpc) is 3.40. The molecule has 1 aromatic carbocycles. The van der Waals surface area contributed by atoms with Crippen LogP contribution in [0.1, 0.15) is 30.4 Å². The summed E-state index contributed by atoms with van der Waals surface area (Å²) in [6.45, 7) is 5.91. The van der Waals surface area contributed by atoms with Crippen LogP contribution in [-0.4, -0.2) is 46.8 Å². The van der Waals surface area contributed by atoms with Gasteiger partial charge in [-0.1, -0.05) is 18.2 Å². The normalized spacial score (nSPS) is 17.8. The van der Waals surface area contributed by atoms with Crippen molar-refractivity contribution in [3.8, 4) is 0 Å². The third-order valence-corrected chi connectivity index (χ3v) is 6.24. The molecule has 27 heavy (non-hydrogen) atoms. The number of fused-ring (bicyclic) bond motifs is 1. The Morgan fingerprint density at radius 2 is 2.26 bits per heavy atom. The van der Waals surface area contributed by atoms with Gasteiger partial charge in [-0.3, -0.25) is 9.67 Å². The van der Waals surface area contributed by atoms with E-state index in [1.165, 1.54) is 21.2 Å². The quantitative estimate of drug-likeness (QED) is 0.542. The van der Waals surface area contributed by atoms with E-state index in [2.05, 4.69) is 58.1 Å². The Morgan fingerprint density at radius 3 is 3.07 bits per heavy atom. The highest BCUT2D eigenvalue weighted by Gasteiger charge is 2.26. The minimum Gasteiger partial charge on any atom is -0.357 e. The fourth-order valence-corrected chi connectivity index (χ4v) is 4.81. The molecule has 3 aromatic rings. The Labute approximate surface area is 164 Å². The smallest absolute Gasteiger partial charge is 0.193 e. The van der Waals surface area contributed by atoms with E-state index in [0.717, 1.165) is 45.0 Å². The first kappa shape index (κ1) is 18.0. The van der Waals surface area contributed by atoms with Crippen LogP contribution >= 0.6 is 11.3 Å². The van der Waals surface area contributed by atoms with Gasteiger partial charge >= 0.3 is 0 Å². The maximum atomic E-state index is 4.93. The minimum absolute atomic E-state index is 0.545. The van der Waals surface area contributed by atoms with E-state index in [0.29, 0.717) is 5.92 Å². The van der Waals surface area contributed by atoms with Crippen LogP contribution in [0.3, 0.4) is 0 Å². The zero-order valence-corrected chi connectivity index (χ0v) is 16.9. The van der Waals surface area contributed by atoms with E-state index in [1.54, 1.807) is 0 Å². The summed E-state index contributed by atoms with van der Waals surface area (Å²) in [6.07, 6.45) is 6.28. The molecule has 3 heterocycles. The molecule has 0 amide bonds. The number of hydrogen-bond acceptors (Lipinski definition) is 3. The summed E-state index contributed by atoms with van der Waals surface area (Å²) in [5.74, 6) is 1.59. The Morgan fingerprint density at radius 1 is 1.37 bits per heavy atom. The summed E-state index contributed by atoms with van der Waals surface area (Å²) >= 11 is 1.83. The summed E-state index contributed by atoms with van der Waals surface area (Å²) in [5, 5.41) is 11.5. The molecule has 2 aromatic heterocycles. The number of nitrogens with one attached hydrogen (secondary N) is 1. The lowest BCUT2D eigenvalue weighted by molar-refractivity contribution is 0.486. The lowest BCUT2D eigenvalue weighted by atomic mass is 10.0. The Balaban J connectivity index is 1.41. The summed E-state index contributed by atoms with van der Waals surface area (Å²) < 4.78 is 3.25. The highest BCUT2D eigenvalue weighted by molar-refractivity contribution is 7.17. The summed E-state index contributed by atoms with van der Waals surface area (Å²) in [4.78, 5) is 7.32. The average molecular weight is 382 g/mol. The van der Waals surface area contributed by atoms with Crippen LogP contribution in [-0.2, 0) is 13.5 Å². The number of benzene rings is 1. The topological polar surface area (TPSA) is 45.5 Å². The summed E-state index contributed by atoms with van der Waals surface area (Å²) in [5.41, 5.74) is 2.74. The van der Waals surface area contributed by atoms with Gasteiger partial charge in [0.2, 0.25) is 0 Å². The Kier molecular flexibility index (Phi) is 5.43. The molecule has 142 valence electrons. The van der Waals surface area contributed by atoms with Gasteiger partial charge in [-0.05, 0) is 47.7 Å². The number of aliphatic imine (C=N–C) groups is 1. The molecule has 1 aliphatic rings. The van der Waals surface area contributed by atoms with Crippen molar-refractivity contribution in [2.24, 2.45) is 12.0 Å². The first-order valence-corrected chi connectivity index (χ1v) is 10.6. The monoisotopic (exact) mass is 381 g/mol. The van der Waals surface area contributed by atoms with Crippen LogP contribution in [0, 0.1) is 0 Å². The Hall–Kier alpha value is -2.34. The van der Waals surface area contributed by atoms with Gasteiger partial charge in [0.25, 0.3) is 0 Å². The van der Waals surface area contributed by atoms with Gasteiger partial charge < -0.3 is 10.2 Å². The predicted octanol–water partition coefficient (Wildman–Crippen LogP) is 3.63. The zero-order valence-electron chi connectivity index (χ0n) is 16.1. The fourth-order valence-electron chi connectivity index (χ4n) is 3.81. The first-order valence-electron chi connectivity index (χ1n) is 9.71. The molecule has 0 saturated carbocycles. The second kappa shape index (κ2) is 8.13. The third kappa shape index (κ3) is 4.00. The van der Waals surface area contributed by atoms with E-state index in [4.69, 9.17) is 4.99 Å². The predicted molar refractivity (Wildman–Crippen MR) is 114 cm³/mol. The number of aromatic nitrogens is 2. The maximum Gasteiger partial charge on any atom is 0.193 e. The molecule has 4 rings (SSSR count). The molecule has 6 heteroatoms. The SMILES string of the molecule is CCNC(=NCCc1csc2ccccc12)N1CCC(c2cnn(C)c2)C1. The van der Waals surface area contributed by atoms with Gasteiger partial charge in [-0.25, -0.2) is 0 Å². The van der Waals surface area contributed by atoms with Crippen molar-refractivity contribution < 1.29 is 0 Å². The summed E-state index contributed by atoms with van der Waals surface area (Å²) in [7, 11) is 1.98. The van der Waals surface area contributed by atoms with Crippen LogP contribution in [0.15, 0.2) is 47.0 Å². The van der Waals surface area contributed by atoms with Gasteiger partial charge in [0.15, 0.2) is 5.96 Å². The van der Waals surface area contributed by atoms with Crippen LogP contribution in [0.2, 0.25) is 0 Å². The van der Waals surface area contributed by atoms with Crippen molar-refractivity contribution >= 4 is 27.4 Å². The molecule has 0 spiro atoms. The standard InChI is InChI=1S/C21H27N5S/c1-3-22-21(26-11-9-16(14-26)18-12-24-25(2)13-18)23-10-8-17-15-27-20-7-5-4-6-19(17)20/h4-7,12-13,15-16H,3,8-11,14H2,1-2H3,(H,22,23). The van der Waals surface area contributed by atoms with Crippen molar-refractivity contribution in [3.05, 3.63) is 53.2 Å². The molecule has 5 nitrogen and oxygen atoms in total. The van der Waals surface area contributed by atoms with E-state index in [9.17, 15) is 0 Å². The highest BCUT2D eigenvalue weighted by atomic mass is 32.1. The molecular weight excluding hydrogens is 354 g/mol. The van der Waals surface area contributed by atoms with E-state index in [-0.39, 0.29) is 0 Å². The van der Waals surface area contributed by atoms with E-state index >= 15 is 0 Å². The van der Waals surface area contributed by atoms with Crippen molar-refractivity contribution in [1.82, 2.24) is 20.0 Å². The van der Waals surface area contributed by atoms with Gasteiger partial charge in [0.1, 0.15) is 0 Å². The largest absolute Gasteiger partial charge is 0.357 e. The number of rotatable bonds is 5. The van der Waals surface area contributed by atoms with Gasteiger partial charge in [0, 0.05) is 50.0 Å². The third-order valence-electron chi connectivity index (χ3n) is 5.22. The molecule has 1 atom stereocenters. The number of hydrogen-bond donors (Lipinski definition) is 1. The van der Waals surface area contributed by atoms with Crippen molar-refractivity contribution in [1.29, 1.82) is 0 Å². The van der Waals surface area contributed by atoms with Crippen LogP contribution in [0.25, 0.3) is 10.1 Å². The molecule has 1 aliphatic heterocycles. The minimum atomic E-state index is 0.545. The lowest BCUT2D eigenvalue weighted by Gasteiger charge is -2.21. The molecule has 1 saturated heterocycles. The number of likely N-dealkylation sites (tertiary alicyclic amines) is 1. The fraction of sp³-hybridized carbons (Fsp3) is 0.429. The summed E-state index contributed by atoms with van der Waals surface area (Å²) in [6, 6.07) is 8.64. The van der Waals surface area contributed by atoms with E-state index in [1.807, 2.05) is 29.3 Å². The molecule has 1 unspecified atom stereocenters. The number of thiophene rings is 1. The van der Waals surface area contributed by atoms with E-state index < -0.39 is 0 Å². The zero-order chi connectivity index (χ0) is 18.6. The van der Waals surface area contributed by atoms with Crippen molar-refractivity contribution in [2.75, 3.05) is 26.2 Å². The number of aryl methyl sites for hydroxylation is 1. The van der Waals surface area contributed by atoms with Crippen molar-refractivity contribution in [3.63, 3.8) is 0 Å². The first-order chi connectivity index (χ1) is 13.2. The second-order valence-corrected chi connectivity index (χ2v) is 8.03. The van der Waals surface area contributed by atoms with Crippen LogP contribution < -0.4 is 5.32 Å². The van der Waals surface area contributed by atoms with Gasteiger partial charge in [-0.2, -0.15) is 5.10 Å². The molecule has 1 fully saturated rings. The van der Waals surface area contributed by atoms with Gasteiger partial charge in [0.05, 0.1) is 6.20 Å². The molecule has 0 radical (unpaired) electrons. The second-order valence-electron chi connectivity index (χ2n) is 7.12. The van der Waals surface area contributed by atoms with Gasteiger partial charge in [-0.15, -0.1) is 11.3 Å². The molecule has 0 bridgehead atoms. The molecule has 1 N–H and O–H groups in total. The maximum absolute atomic E-state index is 4.93. The molecule has 0 aliphatic carbocycles. The lowest BCUT2D eigenvalue weighted by Crippen LogP contribution is -2.40. The molecular formula is C21H27N5S. The van der Waals surface area contributed by atoms with Crippen LogP contribution in [0.5, 0.6) is 0 Å². The number of guanidine groups is 1. The highest BCUT2D eigenvalue weighted by Crippen LogP contribution is 2.27. The van der Waals surface area contributed by atoms with Crippen LogP contribution in [0.4, 0.5) is 0 Å². The van der Waals surface area contributed by atoms with Crippen molar-refractivity contribution in [2.45, 2.75) is 25.7 Å². The Bertz CT molecular complexity index is 925.